The van der Waals surface area contributed by atoms with Crippen LogP contribution in [0.25, 0.3) is 0 Å². The summed E-state index contributed by atoms with van der Waals surface area (Å²) in [5.41, 5.74) is 0. The molecule has 0 aliphatic carbocycles. The van der Waals surface area contributed by atoms with Gasteiger partial charge in [-0.05, 0) is 47.7 Å². The van der Waals surface area contributed by atoms with E-state index in [0.29, 0.717) is 0 Å². The molecule has 0 saturated carbocycles. The van der Waals surface area contributed by atoms with Gasteiger partial charge < -0.3 is 0 Å². The zero-order valence-corrected chi connectivity index (χ0v) is 26.1. The van der Waals surface area contributed by atoms with Crippen LogP contribution in [0.4, 0.5) is 0 Å². The van der Waals surface area contributed by atoms with Gasteiger partial charge in [0.1, 0.15) is 0 Å². The predicted molar refractivity (Wildman–Crippen MR) is 178 cm³/mol. The zero-order chi connectivity index (χ0) is 29.8. The van der Waals surface area contributed by atoms with Crippen molar-refractivity contribution in [2.75, 3.05) is 0 Å². The van der Waals surface area contributed by atoms with Crippen LogP contribution in [0.2, 0.25) is 0 Å². The summed E-state index contributed by atoms with van der Waals surface area (Å²) >= 11 is 0. The average Bonchev–Trinajstić information content (AvgIpc) is 3.10. The molecule has 5 heteroatoms. The number of hydrogen-bond donors (Lipinski definition) is 0. The average molecular weight is 639 g/mol. The molecule has 43 heavy (non-hydrogen) atoms. The van der Waals surface area contributed by atoms with Crippen molar-refractivity contribution in [1.29, 1.82) is 0 Å². The Bertz CT molecular complexity index is 1270. The maximum atomic E-state index is 7.50. The second-order valence-electron chi connectivity index (χ2n) is 8.68. The first-order valence-electron chi connectivity index (χ1n) is 13.2. The summed E-state index contributed by atoms with van der Waals surface area (Å²) in [6.45, 7) is 9.00. The van der Waals surface area contributed by atoms with Gasteiger partial charge in [-0.15, -0.1) is 0 Å². The van der Waals surface area contributed by atoms with Crippen LogP contribution >= 0.6 is 15.8 Å². The molecule has 0 atom stereocenters. The van der Waals surface area contributed by atoms with Crippen molar-refractivity contribution in [3.8, 4) is 0 Å². The predicted octanol–water partition coefficient (Wildman–Crippen LogP) is 6.81. The van der Waals surface area contributed by atoms with E-state index in [0.717, 1.165) is 0 Å². The minimum atomic E-state index is -0.446. The van der Waals surface area contributed by atoms with Gasteiger partial charge in [0, 0.05) is 0 Å². The first-order valence-corrected chi connectivity index (χ1v) is 15.9. The van der Waals surface area contributed by atoms with Gasteiger partial charge in [0.05, 0.1) is 0 Å². The van der Waals surface area contributed by atoms with E-state index in [9.17, 15) is 0 Å². The van der Waals surface area contributed by atoms with Gasteiger partial charge in [0.2, 0.25) is 0 Å². The van der Waals surface area contributed by atoms with E-state index in [1.165, 1.54) is 31.8 Å². The Kier molecular flexibility index (Phi) is 17.2. The third kappa shape index (κ3) is 10.7. The Balaban J connectivity index is 0.000000264. The van der Waals surface area contributed by atoms with Crippen LogP contribution in [-0.2, 0) is 25.8 Å². The summed E-state index contributed by atoms with van der Waals surface area (Å²) in [5, 5.41) is 8.39. The molecule has 0 N–H and O–H groups in total. The molecule has 2 nitrogen and oxygen atoms in total. The Morgan fingerprint density at radius 2 is 0.372 bits per heavy atom. The Morgan fingerprint density at radius 3 is 0.488 bits per heavy atom. The van der Waals surface area contributed by atoms with Crippen molar-refractivity contribution >= 4 is 47.7 Å². The summed E-state index contributed by atoms with van der Waals surface area (Å²) in [6.07, 6.45) is 0. The molecule has 0 amide bonds. The minimum Gasteiger partial charge on any atom is -0.0622 e. The second-order valence-corrected chi connectivity index (χ2v) is 13.1. The van der Waals surface area contributed by atoms with Crippen LogP contribution in [0.1, 0.15) is 0 Å². The van der Waals surface area contributed by atoms with Gasteiger partial charge in [0.15, 0.2) is 0 Å². The first kappa shape index (κ1) is 35.4. The number of hydrogen-bond acceptors (Lipinski definition) is 0. The van der Waals surface area contributed by atoms with Gasteiger partial charge in [-0.25, -0.2) is 0 Å². The third-order valence-electron chi connectivity index (χ3n) is 6.09. The molecule has 212 valence electrons. The van der Waals surface area contributed by atoms with E-state index in [2.05, 4.69) is 195 Å². The quantitative estimate of drug-likeness (QED) is 0.0832. The molecule has 0 heterocycles. The van der Waals surface area contributed by atoms with E-state index in [-0.39, 0.29) is 16.5 Å². The monoisotopic (exact) mass is 638 g/mol. The molecular weight excluding hydrogens is 609 g/mol. The Labute approximate surface area is 267 Å². The van der Waals surface area contributed by atoms with E-state index in [1.807, 2.05) is 0 Å². The summed E-state index contributed by atoms with van der Waals surface area (Å²) in [6, 6.07) is 64.7. The van der Waals surface area contributed by atoms with E-state index in [4.69, 9.17) is 9.30 Å². The fraction of sp³-hybridized carbons (Fsp3) is 0. The molecule has 6 aromatic rings. The van der Waals surface area contributed by atoms with Crippen molar-refractivity contribution in [3.63, 3.8) is 0 Å². The standard InChI is InChI=1S/2C18H15P.2CO.Ni/c2*1-4-10-16(11-5-1)19(17-12-6-2-7-13-17)18-14-8-3-9-15-18;2*1-2;/h2*1-15H;;;/q;;;;+2. The van der Waals surface area contributed by atoms with Crippen molar-refractivity contribution in [2.45, 2.75) is 0 Å². The molecular formula is C38H30NiO2P2+2. The summed E-state index contributed by atoms with van der Waals surface area (Å²) in [7, 11) is -0.892. The molecule has 0 aromatic heterocycles. The molecule has 0 unspecified atom stereocenters. The molecule has 0 spiro atoms. The van der Waals surface area contributed by atoms with Gasteiger partial charge in [-0.3, -0.25) is 0 Å². The zero-order valence-electron chi connectivity index (χ0n) is 23.3. The smallest absolute Gasteiger partial charge is 0.0622 e. The fourth-order valence-electron chi connectivity index (χ4n) is 4.36. The summed E-state index contributed by atoms with van der Waals surface area (Å²) in [4.78, 5) is 0. The fourth-order valence-corrected chi connectivity index (χ4v) is 8.97. The molecule has 0 aliphatic rings. The van der Waals surface area contributed by atoms with Crippen molar-refractivity contribution in [2.24, 2.45) is 0 Å². The third-order valence-corrected chi connectivity index (χ3v) is 11.0. The first-order chi connectivity index (χ1) is 20.9. The van der Waals surface area contributed by atoms with Crippen molar-refractivity contribution < 1.29 is 25.8 Å². The van der Waals surface area contributed by atoms with Crippen molar-refractivity contribution in [1.82, 2.24) is 0 Å². The van der Waals surface area contributed by atoms with E-state index >= 15 is 0 Å². The Hall–Kier alpha value is -3.85. The number of benzene rings is 6. The van der Waals surface area contributed by atoms with Crippen LogP contribution < -0.4 is 31.8 Å². The maximum absolute atomic E-state index is 7.50. The second kappa shape index (κ2) is 20.9. The van der Waals surface area contributed by atoms with Gasteiger partial charge in [0.25, 0.3) is 0 Å². The molecule has 0 radical (unpaired) electrons. The maximum Gasteiger partial charge on any atom is 2.00 e. The molecule has 6 rings (SSSR count). The molecule has 0 aliphatic heterocycles. The SMILES string of the molecule is [C-]#[O+].[C-]#[O+].[Ni+2].c1ccc(P(c2ccccc2)c2ccccc2)cc1.c1ccc(P(c2ccccc2)c2ccccc2)cc1. The van der Waals surface area contributed by atoms with Crippen LogP contribution in [-0.4, -0.2) is 0 Å². The van der Waals surface area contributed by atoms with Gasteiger partial charge >= 0.3 is 39.1 Å². The Morgan fingerprint density at radius 1 is 0.256 bits per heavy atom. The van der Waals surface area contributed by atoms with Crippen LogP contribution in [0.3, 0.4) is 0 Å². The largest absolute Gasteiger partial charge is 2.00 e. The molecule has 6 aromatic carbocycles. The normalized spacial score (nSPS) is 9.44. The van der Waals surface area contributed by atoms with Gasteiger partial charge in [-0.2, -0.15) is 0 Å². The summed E-state index contributed by atoms with van der Waals surface area (Å²) in [5.74, 6) is 0. The van der Waals surface area contributed by atoms with E-state index in [1.54, 1.807) is 0 Å². The van der Waals surface area contributed by atoms with Crippen LogP contribution in [0.5, 0.6) is 0 Å². The van der Waals surface area contributed by atoms with Gasteiger partial charge in [-0.1, -0.05) is 182 Å². The molecule has 0 bridgehead atoms. The van der Waals surface area contributed by atoms with Crippen molar-refractivity contribution in [3.05, 3.63) is 195 Å². The molecule has 0 saturated heterocycles. The topological polar surface area (TPSA) is 39.8 Å². The number of rotatable bonds is 6. The van der Waals surface area contributed by atoms with E-state index < -0.39 is 15.8 Å². The van der Waals surface area contributed by atoms with Crippen LogP contribution in [0.15, 0.2) is 182 Å². The van der Waals surface area contributed by atoms with Crippen LogP contribution in [0, 0.1) is 13.3 Å². The minimum absolute atomic E-state index is 0. The summed E-state index contributed by atoms with van der Waals surface area (Å²) < 4.78 is 15.0. The molecule has 0 fully saturated rings.